The normalized spacial score (nSPS) is 20.3. The van der Waals surface area contributed by atoms with Gasteiger partial charge in [-0.25, -0.2) is 0 Å². The lowest BCUT2D eigenvalue weighted by Crippen LogP contribution is -2.52. The number of hydrogen-bond acceptors (Lipinski definition) is 24. The average molecular weight is 1680 g/mol. The molecule has 0 saturated carbocycles. The van der Waals surface area contributed by atoms with Gasteiger partial charge < -0.3 is 79.1 Å². The zero-order valence-corrected chi connectivity index (χ0v) is 70.2. The Morgan fingerprint density at radius 1 is 0.513 bits per heavy atom. The SMILES string of the molecule is COCCOc1ccc(N2CCN(C[C@@](C)(O)c3ccc(CO)nc3)C[C@H]2c2ccccc2)c(Cl)c1.C[C@@](O)(CN1CCN(c2ccc(O)cc2Cl)[C@H](c2ccccc2)C1)c1ccc(COC2CCCCO2)nc1.C[C@@](O)(COS(C)(=O)=O)c1ccc(COC2CCCCO2)nc1.Oc1ccc(N2CCNC[C@H]2c2ccccc2)c(Cl)c1. The van der Waals surface area contributed by atoms with Crippen LogP contribution in [0.2, 0.25) is 15.1 Å². The minimum absolute atomic E-state index is 0.0439. The number of anilines is 3. The van der Waals surface area contributed by atoms with Crippen LogP contribution in [0.3, 0.4) is 0 Å². The Morgan fingerprint density at radius 2 is 0.940 bits per heavy atom. The molecule has 0 spiro atoms. The molecular formula is C89H110Cl3N9O15S. The van der Waals surface area contributed by atoms with E-state index in [4.69, 9.17) is 63.2 Å². The third kappa shape index (κ3) is 26.4. The number of aromatic hydroxyl groups is 2. The van der Waals surface area contributed by atoms with Crippen LogP contribution in [0.15, 0.2) is 201 Å². The van der Waals surface area contributed by atoms with Gasteiger partial charge in [-0.05, 0) is 131 Å². The number of hydrogen-bond donors (Lipinski definition) is 7. The zero-order chi connectivity index (χ0) is 83.0. The molecule has 2 unspecified atom stereocenters. The van der Waals surface area contributed by atoms with Crippen LogP contribution in [-0.4, -0.2) is 195 Å². The minimum atomic E-state index is -3.61. The summed E-state index contributed by atoms with van der Waals surface area (Å²) in [6.07, 6.45) is 11.7. The molecule has 7 N–H and O–H groups in total. The van der Waals surface area contributed by atoms with Gasteiger partial charge in [-0.1, -0.05) is 144 Å². The number of rotatable bonds is 27. The molecule has 3 aromatic heterocycles. The number of methoxy groups -OCH3 is 1. The summed E-state index contributed by atoms with van der Waals surface area (Å²) in [6, 6.07) is 58.4. The average Bonchev–Trinajstić information content (AvgIpc) is 0.794. The quantitative estimate of drug-likeness (QED) is 0.0186. The molecule has 0 radical (unpaired) electrons. The van der Waals surface area contributed by atoms with Crippen LogP contribution in [-0.2, 0) is 74.6 Å². The molecule has 6 aromatic carbocycles. The van der Waals surface area contributed by atoms with Crippen LogP contribution >= 0.6 is 34.8 Å². The Bertz CT molecular complexity index is 4620. The molecule has 0 bridgehead atoms. The number of halogens is 3. The van der Waals surface area contributed by atoms with Gasteiger partial charge in [-0.15, -0.1) is 0 Å². The predicted octanol–water partition coefficient (Wildman–Crippen LogP) is 13.8. The number of β-amino-alcohol motifs (C(OH)–C–C–N with tert-alkyl or cyclic N) is 2. The van der Waals surface area contributed by atoms with E-state index in [1.165, 1.54) is 29.8 Å². The van der Waals surface area contributed by atoms with Gasteiger partial charge in [-0.3, -0.25) is 28.9 Å². The Morgan fingerprint density at radius 3 is 1.34 bits per heavy atom. The number of pyridine rings is 3. The van der Waals surface area contributed by atoms with E-state index in [0.717, 1.165) is 151 Å². The highest BCUT2D eigenvalue weighted by atomic mass is 35.5. The molecule has 14 rings (SSSR count). The van der Waals surface area contributed by atoms with E-state index in [2.05, 4.69) is 97.5 Å². The molecule has 5 saturated heterocycles. The summed E-state index contributed by atoms with van der Waals surface area (Å²) in [5, 5.41) is 66.9. The fourth-order valence-electron chi connectivity index (χ4n) is 14.8. The number of aromatic nitrogens is 3. The smallest absolute Gasteiger partial charge is 0.264 e. The van der Waals surface area contributed by atoms with Crippen LogP contribution < -0.4 is 24.8 Å². The van der Waals surface area contributed by atoms with Crippen LogP contribution in [0.4, 0.5) is 17.1 Å². The lowest BCUT2D eigenvalue weighted by molar-refractivity contribution is -0.169. The fraction of sp³-hybridized carbons (Fsp3) is 0.427. The Balaban J connectivity index is 0.000000158. The van der Waals surface area contributed by atoms with Gasteiger partial charge in [0.1, 0.15) is 40.7 Å². The molecule has 0 aliphatic carbocycles. The van der Waals surface area contributed by atoms with Crippen LogP contribution in [0.5, 0.6) is 17.2 Å². The third-order valence-electron chi connectivity index (χ3n) is 21.2. The first-order valence-corrected chi connectivity index (χ1v) is 42.7. The second-order valence-corrected chi connectivity index (χ2v) is 33.4. The largest absolute Gasteiger partial charge is 0.508 e. The first-order chi connectivity index (χ1) is 56.3. The van der Waals surface area contributed by atoms with E-state index < -0.39 is 26.9 Å². The number of aliphatic hydroxyl groups excluding tert-OH is 1. The Hall–Kier alpha value is -8.13. The maximum absolute atomic E-state index is 11.5. The summed E-state index contributed by atoms with van der Waals surface area (Å²) >= 11 is 19.6. The summed E-state index contributed by atoms with van der Waals surface area (Å²) in [7, 11) is -1.96. The Kier molecular flexibility index (Phi) is 33.1. The van der Waals surface area contributed by atoms with Gasteiger partial charge in [0.2, 0.25) is 0 Å². The lowest BCUT2D eigenvalue weighted by Gasteiger charge is -2.45. The summed E-state index contributed by atoms with van der Waals surface area (Å²) in [5.41, 5.74) is 6.95. The molecular weight excluding hydrogens is 1570 g/mol. The van der Waals surface area contributed by atoms with Crippen molar-refractivity contribution >= 4 is 62.0 Å². The molecule has 5 fully saturated rings. The minimum Gasteiger partial charge on any atom is -0.508 e. The number of nitrogens with one attached hydrogen (secondary N) is 1. The predicted molar refractivity (Wildman–Crippen MR) is 455 cm³/mol. The molecule has 8 atom stereocenters. The second kappa shape index (κ2) is 43.2. The monoisotopic (exact) mass is 1680 g/mol. The Labute approximate surface area is 702 Å². The van der Waals surface area contributed by atoms with Gasteiger partial charge in [0.05, 0.1) is 107 Å². The van der Waals surface area contributed by atoms with Crippen molar-refractivity contribution in [3.63, 3.8) is 0 Å². The van der Waals surface area contributed by atoms with Crippen LogP contribution in [0.1, 0.15) is 128 Å². The number of phenolic OH excluding ortho intramolecular Hbond substituents is 2. The van der Waals surface area contributed by atoms with Crippen LogP contribution in [0, 0.1) is 0 Å². The second-order valence-electron chi connectivity index (χ2n) is 30.5. The molecule has 24 nitrogen and oxygen atoms in total. The van der Waals surface area contributed by atoms with Crippen molar-refractivity contribution < 1.29 is 71.7 Å². The van der Waals surface area contributed by atoms with Crippen molar-refractivity contribution in [2.24, 2.45) is 0 Å². The number of piperazine rings is 3. The standard InChI is InChI=1S/C30H36ClN3O4.C28H34ClN3O4.C16H17ClN2O.C15H23NO6S/c1-30(36,23-10-11-24(32-18-23)20-38-29-9-5-6-16-37-29)21-33-14-15-34(27-13-12-25(35)17-26(27)31)28(19-33)22-7-3-2-4-8-22;1-28(34,22-8-9-23(19-33)30-17-22)20-31-12-13-32(27(18-31)21-6-4-3-5-7-21)26-11-10-24(16-25(26)29)36-15-14-35-2;17-14-10-13(20)6-7-15(14)19-9-8-18-11-16(19)12-4-2-1-3-5-12;1-15(17,11-22-23(2,18)19)12-6-7-13(16-9-12)10-21-14-5-3-4-8-20-14/h2-4,7-8,10-13,17-18,28-29,35-36H,5-6,9,14-16,19-21H2,1H3;3-11,16-17,27,33-34H,12-15,18-20H2,1-2H3;1-7,10,16,18,20H,8-9,11H2;6-7,9,14,17H,3-5,8,10-11H2,1-2H3/t28-,29?,30+;27-,28+;16-;14?,15-/m0001/s1. The molecule has 9 aromatic rings. The topological polar surface area (TPSA) is 287 Å². The van der Waals surface area contributed by atoms with E-state index in [9.17, 15) is 39.1 Å². The highest BCUT2D eigenvalue weighted by Crippen LogP contribution is 2.41. The number of phenols is 2. The number of aliphatic hydroxyl groups is 4. The molecule has 28 heteroatoms. The molecule has 0 amide bonds. The van der Waals surface area contributed by atoms with Gasteiger partial charge >= 0.3 is 0 Å². The highest BCUT2D eigenvalue weighted by molar-refractivity contribution is 7.86. The first-order valence-electron chi connectivity index (χ1n) is 39.8. The molecule has 628 valence electrons. The van der Waals surface area contributed by atoms with Crippen molar-refractivity contribution in [2.75, 3.05) is 133 Å². The first kappa shape index (κ1) is 89.7. The van der Waals surface area contributed by atoms with Crippen molar-refractivity contribution in [3.8, 4) is 17.2 Å². The summed E-state index contributed by atoms with van der Waals surface area (Å²) in [6.45, 7) is 15.9. The van der Waals surface area contributed by atoms with E-state index in [-0.39, 0.29) is 55.4 Å². The van der Waals surface area contributed by atoms with E-state index in [0.29, 0.717) is 77.3 Å². The number of nitrogens with zero attached hydrogens (tertiary/aromatic N) is 8. The van der Waals surface area contributed by atoms with Crippen molar-refractivity contribution in [3.05, 3.63) is 266 Å². The summed E-state index contributed by atoms with van der Waals surface area (Å²) in [4.78, 5) is 24.5. The maximum atomic E-state index is 11.5. The van der Waals surface area contributed by atoms with E-state index >= 15 is 0 Å². The van der Waals surface area contributed by atoms with Crippen molar-refractivity contribution in [1.82, 2.24) is 30.1 Å². The lowest BCUT2D eigenvalue weighted by atomic mass is 9.95. The van der Waals surface area contributed by atoms with Gasteiger partial charge in [0.25, 0.3) is 10.1 Å². The van der Waals surface area contributed by atoms with Crippen molar-refractivity contribution in [2.45, 2.75) is 127 Å². The van der Waals surface area contributed by atoms with Crippen LogP contribution in [0.25, 0.3) is 0 Å². The molecule has 5 aliphatic heterocycles. The fourth-order valence-corrected chi connectivity index (χ4v) is 16.1. The van der Waals surface area contributed by atoms with Gasteiger partial charge in [-0.2, -0.15) is 8.42 Å². The molecule has 8 heterocycles. The van der Waals surface area contributed by atoms with E-state index in [1.54, 1.807) is 62.0 Å². The number of benzene rings is 6. The van der Waals surface area contributed by atoms with E-state index in [1.807, 2.05) is 105 Å². The maximum Gasteiger partial charge on any atom is 0.264 e. The molecule has 5 aliphatic rings. The highest BCUT2D eigenvalue weighted by Gasteiger charge is 2.37. The van der Waals surface area contributed by atoms with Gasteiger partial charge in [0, 0.05) is 146 Å². The van der Waals surface area contributed by atoms with Gasteiger partial charge in [0.15, 0.2) is 12.6 Å². The summed E-state index contributed by atoms with van der Waals surface area (Å²) < 4.78 is 60.1. The number of ether oxygens (including phenoxy) is 6. The zero-order valence-electron chi connectivity index (χ0n) is 67.1. The third-order valence-corrected chi connectivity index (χ3v) is 22.7. The summed E-state index contributed by atoms with van der Waals surface area (Å²) in [5.74, 6) is 1.07. The molecule has 117 heavy (non-hydrogen) atoms. The van der Waals surface area contributed by atoms with Crippen molar-refractivity contribution in [1.29, 1.82) is 0 Å².